The predicted molar refractivity (Wildman–Crippen MR) is 125 cm³/mol. The normalized spacial score (nSPS) is 14.6. The molecule has 32 heavy (non-hydrogen) atoms. The third-order valence-corrected chi connectivity index (χ3v) is 6.23. The van der Waals surface area contributed by atoms with Crippen LogP contribution < -0.4 is 10.2 Å². The zero-order valence-electron chi connectivity index (χ0n) is 18.5. The van der Waals surface area contributed by atoms with Crippen molar-refractivity contribution in [2.75, 3.05) is 23.3 Å². The summed E-state index contributed by atoms with van der Waals surface area (Å²) < 4.78 is 13.7. The Bertz CT molecular complexity index is 1090. The summed E-state index contributed by atoms with van der Waals surface area (Å²) in [6.07, 6.45) is 0.688. The average molecular weight is 455 g/mol. The lowest BCUT2D eigenvalue weighted by atomic mass is 10.1. The van der Waals surface area contributed by atoms with Crippen molar-refractivity contribution in [2.24, 2.45) is 0 Å². The molecule has 7 nitrogen and oxygen atoms in total. The van der Waals surface area contributed by atoms with Gasteiger partial charge in [0.25, 0.3) is 0 Å². The van der Waals surface area contributed by atoms with Crippen LogP contribution in [0.5, 0.6) is 0 Å². The molecule has 9 heteroatoms. The van der Waals surface area contributed by atoms with E-state index in [4.69, 9.17) is 9.97 Å². The molecule has 3 aromatic rings. The Morgan fingerprint density at radius 2 is 1.94 bits per heavy atom. The number of hydrogen-bond donors (Lipinski definition) is 2. The summed E-state index contributed by atoms with van der Waals surface area (Å²) in [5.74, 6) is 2.32. The van der Waals surface area contributed by atoms with Crippen molar-refractivity contribution in [1.82, 2.24) is 20.2 Å². The summed E-state index contributed by atoms with van der Waals surface area (Å²) in [6, 6.07) is 9.78. The van der Waals surface area contributed by atoms with Gasteiger partial charge in [0, 0.05) is 41.7 Å². The molecule has 0 saturated carbocycles. The molecule has 0 unspecified atom stereocenters. The van der Waals surface area contributed by atoms with Gasteiger partial charge in [-0.15, -0.1) is 0 Å². The fourth-order valence-corrected chi connectivity index (χ4v) is 4.44. The van der Waals surface area contributed by atoms with Crippen molar-refractivity contribution in [2.45, 2.75) is 56.3 Å². The van der Waals surface area contributed by atoms with Crippen molar-refractivity contribution < 1.29 is 9.18 Å². The Kier molecular flexibility index (Phi) is 6.74. The van der Waals surface area contributed by atoms with Gasteiger partial charge in [-0.05, 0) is 63.1 Å². The highest BCUT2D eigenvalue weighted by Gasteiger charge is 2.23. The van der Waals surface area contributed by atoms with Crippen LogP contribution in [-0.4, -0.2) is 45.2 Å². The van der Waals surface area contributed by atoms with Gasteiger partial charge in [-0.2, -0.15) is 5.10 Å². The molecule has 1 aliphatic rings. The molecule has 0 spiro atoms. The van der Waals surface area contributed by atoms with E-state index in [1.54, 1.807) is 6.92 Å². The lowest BCUT2D eigenvalue weighted by Gasteiger charge is -2.31. The maximum atomic E-state index is 13.7. The Hall–Kier alpha value is -2.94. The molecule has 2 N–H and O–H groups in total. The molecule has 1 saturated heterocycles. The summed E-state index contributed by atoms with van der Waals surface area (Å²) in [5.41, 5.74) is 2.84. The Morgan fingerprint density at radius 1 is 1.22 bits per heavy atom. The molecule has 0 amide bonds. The minimum absolute atomic E-state index is 0.137. The monoisotopic (exact) mass is 454 g/mol. The maximum absolute atomic E-state index is 13.7. The first-order valence-electron chi connectivity index (χ1n) is 10.7. The third-order valence-electron chi connectivity index (χ3n) is 5.36. The summed E-state index contributed by atoms with van der Waals surface area (Å²) in [6.45, 7) is 6.76. The summed E-state index contributed by atoms with van der Waals surface area (Å²) in [5, 5.41) is 11.1. The van der Waals surface area contributed by atoms with E-state index in [0.29, 0.717) is 49.1 Å². The molecule has 168 valence electrons. The van der Waals surface area contributed by atoms with Crippen molar-refractivity contribution in [3.05, 3.63) is 47.2 Å². The third kappa shape index (κ3) is 5.45. The highest BCUT2D eigenvalue weighted by atomic mass is 32.2. The number of nitrogens with one attached hydrogen (secondary N) is 2. The molecular weight excluding hydrogens is 427 g/mol. The number of hydrogen-bond acceptors (Lipinski definition) is 7. The standard InChI is InChI=1S/C23H27FN6OS/c1-14-12-20(29-28-14)25-21-16(3)22(30-10-8-18(24)9-11-30)27-23(26-21)32-19-6-4-17(5-7-19)13-15(2)31/h4-7,12,18H,8-11,13H2,1-3H3,(H2,25,26,27,28,29). The van der Waals surface area contributed by atoms with E-state index in [9.17, 15) is 9.18 Å². The summed E-state index contributed by atoms with van der Waals surface area (Å²) >= 11 is 1.46. The second-order valence-electron chi connectivity index (χ2n) is 8.15. The number of benzene rings is 1. The zero-order chi connectivity index (χ0) is 22.7. The van der Waals surface area contributed by atoms with Gasteiger partial charge in [-0.1, -0.05) is 12.1 Å². The minimum Gasteiger partial charge on any atom is -0.356 e. The van der Waals surface area contributed by atoms with Crippen LogP contribution in [0.1, 0.15) is 36.6 Å². The number of alkyl halides is 1. The number of Topliss-reactive ketones (excluding diaryl/α,β-unsaturated/α-hetero) is 1. The zero-order valence-corrected chi connectivity index (χ0v) is 19.3. The van der Waals surface area contributed by atoms with Gasteiger partial charge < -0.3 is 10.2 Å². The SMILES string of the molecule is CC(=O)Cc1ccc(Sc2nc(Nc3cc(C)[nH]n3)c(C)c(N3CCC(F)CC3)n2)cc1. The van der Waals surface area contributed by atoms with Crippen LogP contribution in [0.2, 0.25) is 0 Å². The van der Waals surface area contributed by atoms with E-state index in [1.165, 1.54) is 11.8 Å². The number of aromatic amines is 1. The number of H-pyrrole nitrogens is 1. The number of anilines is 3. The Labute approximate surface area is 191 Å². The summed E-state index contributed by atoms with van der Waals surface area (Å²) in [7, 11) is 0. The second kappa shape index (κ2) is 9.68. The van der Waals surface area contributed by atoms with Crippen LogP contribution in [0.15, 0.2) is 40.4 Å². The van der Waals surface area contributed by atoms with Gasteiger partial charge in [0.1, 0.15) is 23.6 Å². The van der Waals surface area contributed by atoms with E-state index in [-0.39, 0.29) is 5.78 Å². The molecule has 1 fully saturated rings. The molecular formula is C23H27FN6OS. The van der Waals surface area contributed by atoms with Gasteiger partial charge in [-0.25, -0.2) is 14.4 Å². The van der Waals surface area contributed by atoms with E-state index in [1.807, 2.05) is 44.2 Å². The molecule has 0 bridgehead atoms. The van der Waals surface area contributed by atoms with Crippen molar-refractivity contribution in [3.63, 3.8) is 0 Å². The van der Waals surface area contributed by atoms with Crippen molar-refractivity contribution >= 4 is 35.0 Å². The number of carbonyl (C=O) groups is 1. The van der Waals surface area contributed by atoms with Crippen LogP contribution in [0.25, 0.3) is 0 Å². The number of rotatable bonds is 7. The smallest absolute Gasteiger partial charge is 0.196 e. The number of ketones is 1. The Balaban J connectivity index is 1.63. The number of aryl methyl sites for hydroxylation is 1. The molecule has 1 aromatic carbocycles. The minimum atomic E-state index is -0.750. The number of nitrogens with zero attached hydrogens (tertiary/aromatic N) is 4. The molecule has 0 radical (unpaired) electrons. The number of halogens is 1. The molecule has 0 aliphatic carbocycles. The van der Waals surface area contributed by atoms with Crippen LogP contribution in [0.4, 0.5) is 21.8 Å². The first kappa shape index (κ1) is 22.3. The summed E-state index contributed by atoms with van der Waals surface area (Å²) in [4.78, 5) is 24.0. The lowest BCUT2D eigenvalue weighted by Crippen LogP contribution is -2.35. The van der Waals surface area contributed by atoms with Gasteiger partial charge in [0.05, 0.1) is 0 Å². The molecule has 0 atom stereocenters. The van der Waals surface area contributed by atoms with E-state index >= 15 is 0 Å². The predicted octanol–water partition coefficient (Wildman–Crippen LogP) is 4.78. The van der Waals surface area contributed by atoms with E-state index < -0.39 is 6.17 Å². The van der Waals surface area contributed by atoms with Crippen LogP contribution >= 0.6 is 11.8 Å². The van der Waals surface area contributed by atoms with Gasteiger partial charge in [0.2, 0.25) is 0 Å². The highest BCUT2D eigenvalue weighted by molar-refractivity contribution is 7.99. The van der Waals surface area contributed by atoms with Gasteiger partial charge in [-0.3, -0.25) is 9.89 Å². The van der Waals surface area contributed by atoms with Crippen molar-refractivity contribution in [1.29, 1.82) is 0 Å². The molecule has 2 aromatic heterocycles. The topological polar surface area (TPSA) is 86.8 Å². The maximum Gasteiger partial charge on any atom is 0.196 e. The first-order valence-corrected chi connectivity index (χ1v) is 11.5. The van der Waals surface area contributed by atoms with E-state index in [2.05, 4.69) is 20.4 Å². The Morgan fingerprint density at radius 3 is 2.56 bits per heavy atom. The van der Waals surface area contributed by atoms with Gasteiger partial charge >= 0.3 is 0 Å². The van der Waals surface area contributed by atoms with Crippen molar-refractivity contribution in [3.8, 4) is 0 Å². The van der Waals surface area contributed by atoms with Crippen LogP contribution in [0, 0.1) is 13.8 Å². The highest BCUT2D eigenvalue weighted by Crippen LogP contribution is 2.33. The molecule has 4 rings (SSSR count). The number of aromatic nitrogens is 4. The second-order valence-corrected chi connectivity index (χ2v) is 9.19. The van der Waals surface area contributed by atoms with E-state index in [0.717, 1.165) is 27.5 Å². The molecule has 1 aliphatic heterocycles. The first-order chi connectivity index (χ1) is 15.4. The fraction of sp³-hybridized carbons (Fsp3) is 0.391. The molecule has 3 heterocycles. The average Bonchev–Trinajstić information content (AvgIpc) is 3.16. The van der Waals surface area contributed by atoms with Crippen LogP contribution in [0.3, 0.4) is 0 Å². The fourth-order valence-electron chi connectivity index (χ4n) is 3.69. The number of carbonyl (C=O) groups excluding carboxylic acids is 1. The van der Waals surface area contributed by atoms with Crippen LogP contribution in [-0.2, 0) is 11.2 Å². The van der Waals surface area contributed by atoms with Gasteiger partial charge in [0.15, 0.2) is 11.0 Å². The quantitative estimate of drug-likeness (QED) is 0.497. The largest absolute Gasteiger partial charge is 0.356 e. The number of piperidine rings is 1. The lowest BCUT2D eigenvalue weighted by molar-refractivity contribution is -0.116.